The molecule has 0 aromatic carbocycles. The van der Waals surface area contributed by atoms with E-state index in [1.54, 1.807) is 0 Å². The fraction of sp³-hybridized carbons (Fsp3) is 0.583. The Bertz CT molecular complexity index is 286. The lowest BCUT2D eigenvalue weighted by Crippen LogP contribution is -2.41. The summed E-state index contributed by atoms with van der Waals surface area (Å²) >= 11 is 0. The highest BCUT2D eigenvalue weighted by molar-refractivity contribution is 5.41. The number of nitrogens with zero attached hydrogens (tertiary/aromatic N) is 2. The topological polar surface area (TPSA) is 28.2 Å². The molecule has 0 amide bonds. The van der Waals surface area contributed by atoms with Gasteiger partial charge in [-0.25, -0.2) is 0 Å². The Kier molecular flexibility index (Phi) is 3.56. The number of likely N-dealkylation sites (tertiary alicyclic amines) is 1. The lowest BCUT2D eigenvalue weighted by Gasteiger charge is -2.32. The number of rotatable bonds is 3. The molecule has 82 valence electrons. The molecule has 1 aliphatic rings. The minimum atomic E-state index is 0.598. The highest BCUT2D eigenvalue weighted by atomic mass is 15.2. The maximum Gasteiger partial charge on any atom is 0.0388 e. The zero-order chi connectivity index (χ0) is 10.5. The molecule has 1 aromatic rings. The summed E-state index contributed by atoms with van der Waals surface area (Å²) in [5.74, 6) is 0. The smallest absolute Gasteiger partial charge is 0.0388 e. The standard InChI is InChI=1S/C12H19N3/c1-2-15-9-3-4-12(10-15)14-11-5-7-13-8-6-11/h5-8,12H,2-4,9-10H2,1H3,(H,13,14). The summed E-state index contributed by atoms with van der Waals surface area (Å²) in [4.78, 5) is 6.52. The lowest BCUT2D eigenvalue weighted by atomic mass is 10.1. The Labute approximate surface area is 91.5 Å². The van der Waals surface area contributed by atoms with Gasteiger partial charge in [-0.15, -0.1) is 0 Å². The Morgan fingerprint density at radius 2 is 2.27 bits per heavy atom. The van der Waals surface area contributed by atoms with Crippen LogP contribution in [0.15, 0.2) is 24.5 Å². The molecule has 1 fully saturated rings. The first-order valence-corrected chi connectivity index (χ1v) is 5.77. The van der Waals surface area contributed by atoms with Crippen molar-refractivity contribution in [1.29, 1.82) is 0 Å². The maximum atomic E-state index is 4.02. The van der Waals surface area contributed by atoms with Crippen LogP contribution in [0.1, 0.15) is 19.8 Å². The number of pyridine rings is 1. The molecule has 0 saturated carbocycles. The minimum Gasteiger partial charge on any atom is -0.381 e. The van der Waals surface area contributed by atoms with E-state index in [4.69, 9.17) is 0 Å². The molecule has 1 unspecified atom stereocenters. The zero-order valence-corrected chi connectivity index (χ0v) is 9.32. The second kappa shape index (κ2) is 5.12. The van der Waals surface area contributed by atoms with Crippen molar-refractivity contribution in [3.8, 4) is 0 Å². The first-order valence-electron chi connectivity index (χ1n) is 5.77. The third kappa shape index (κ3) is 2.93. The van der Waals surface area contributed by atoms with Gasteiger partial charge in [0.2, 0.25) is 0 Å². The largest absolute Gasteiger partial charge is 0.381 e. The number of hydrogen-bond donors (Lipinski definition) is 1. The van der Waals surface area contributed by atoms with Crippen LogP contribution in [-0.4, -0.2) is 35.6 Å². The van der Waals surface area contributed by atoms with Crippen molar-refractivity contribution >= 4 is 5.69 Å². The predicted octanol–water partition coefficient (Wildman–Crippen LogP) is 1.98. The van der Waals surface area contributed by atoms with Crippen LogP contribution in [0.25, 0.3) is 0 Å². The third-order valence-electron chi connectivity index (χ3n) is 3.00. The van der Waals surface area contributed by atoms with Crippen molar-refractivity contribution < 1.29 is 0 Å². The maximum absolute atomic E-state index is 4.02. The van der Waals surface area contributed by atoms with E-state index in [1.807, 2.05) is 24.5 Å². The van der Waals surface area contributed by atoms with Gasteiger partial charge < -0.3 is 10.2 Å². The van der Waals surface area contributed by atoms with Crippen LogP contribution in [0, 0.1) is 0 Å². The van der Waals surface area contributed by atoms with Gasteiger partial charge >= 0.3 is 0 Å². The Morgan fingerprint density at radius 3 is 3.00 bits per heavy atom. The summed E-state index contributed by atoms with van der Waals surface area (Å²) in [7, 11) is 0. The molecular weight excluding hydrogens is 186 g/mol. The van der Waals surface area contributed by atoms with Crippen LogP contribution < -0.4 is 5.32 Å². The van der Waals surface area contributed by atoms with Gasteiger partial charge in [-0.3, -0.25) is 4.98 Å². The molecule has 1 atom stereocenters. The van der Waals surface area contributed by atoms with E-state index < -0.39 is 0 Å². The quantitative estimate of drug-likeness (QED) is 0.818. The van der Waals surface area contributed by atoms with Crippen molar-refractivity contribution in [1.82, 2.24) is 9.88 Å². The van der Waals surface area contributed by atoms with E-state index in [0.29, 0.717) is 6.04 Å². The normalized spacial score (nSPS) is 22.6. The highest BCUT2D eigenvalue weighted by Gasteiger charge is 2.17. The molecule has 0 aliphatic carbocycles. The van der Waals surface area contributed by atoms with E-state index in [1.165, 1.54) is 31.6 Å². The van der Waals surface area contributed by atoms with Crippen LogP contribution >= 0.6 is 0 Å². The van der Waals surface area contributed by atoms with Crippen LogP contribution in [0.3, 0.4) is 0 Å². The Balaban J connectivity index is 1.89. The number of piperidine rings is 1. The molecule has 15 heavy (non-hydrogen) atoms. The third-order valence-corrected chi connectivity index (χ3v) is 3.00. The second-order valence-corrected chi connectivity index (χ2v) is 4.11. The minimum absolute atomic E-state index is 0.598. The zero-order valence-electron chi connectivity index (χ0n) is 9.32. The molecule has 3 heteroatoms. The number of aromatic nitrogens is 1. The second-order valence-electron chi connectivity index (χ2n) is 4.11. The Morgan fingerprint density at radius 1 is 1.47 bits per heavy atom. The molecule has 0 spiro atoms. The monoisotopic (exact) mass is 205 g/mol. The van der Waals surface area contributed by atoms with E-state index in [-0.39, 0.29) is 0 Å². The molecule has 1 saturated heterocycles. The first kappa shape index (κ1) is 10.4. The van der Waals surface area contributed by atoms with Gasteiger partial charge in [0.05, 0.1) is 0 Å². The summed E-state index contributed by atoms with van der Waals surface area (Å²) < 4.78 is 0. The summed E-state index contributed by atoms with van der Waals surface area (Å²) in [6.45, 7) is 5.81. The molecule has 1 N–H and O–H groups in total. The fourth-order valence-corrected chi connectivity index (χ4v) is 2.14. The molecule has 0 bridgehead atoms. The van der Waals surface area contributed by atoms with Crippen molar-refractivity contribution in [2.45, 2.75) is 25.8 Å². The van der Waals surface area contributed by atoms with E-state index in [2.05, 4.69) is 22.1 Å². The summed E-state index contributed by atoms with van der Waals surface area (Å²) in [6.07, 6.45) is 6.25. The van der Waals surface area contributed by atoms with Gasteiger partial charge in [0.15, 0.2) is 0 Å². The summed E-state index contributed by atoms with van der Waals surface area (Å²) in [6, 6.07) is 4.66. The lowest BCUT2D eigenvalue weighted by molar-refractivity contribution is 0.227. The van der Waals surface area contributed by atoms with Gasteiger partial charge in [0.25, 0.3) is 0 Å². The SMILES string of the molecule is CCN1CCCC(Nc2ccncc2)C1. The average Bonchev–Trinajstić information content (AvgIpc) is 2.31. The number of hydrogen-bond acceptors (Lipinski definition) is 3. The summed E-state index contributed by atoms with van der Waals surface area (Å²) in [5, 5.41) is 3.56. The number of anilines is 1. The molecule has 3 nitrogen and oxygen atoms in total. The van der Waals surface area contributed by atoms with Crippen molar-refractivity contribution in [3.63, 3.8) is 0 Å². The van der Waals surface area contributed by atoms with Gasteiger partial charge in [-0.1, -0.05) is 6.92 Å². The number of nitrogens with one attached hydrogen (secondary N) is 1. The fourth-order valence-electron chi connectivity index (χ4n) is 2.14. The van der Waals surface area contributed by atoms with Crippen LogP contribution in [-0.2, 0) is 0 Å². The van der Waals surface area contributed by atoms with Crippen molar-refractivity contribution in [3.05, 3.63) is 24.5 Å². The molecule has 0 radical (unpaired) electrons. The first-order chi connectivity index (χ1) is 7.38. The molecule has 2 heterocycles. The summed E-state index contributed by atoms with van der Waals surface area (Å²) in [5.41, 5.74) is 1.19. The van der Waals surface area contributed by atoms with Crippen LogP contribution in [0.4, 0.5) is 5.69 Å². The molecule has 1 aromatic heterocycles. The number of likely N-dealkylation sites (N-methyl/N-ethyl adjacent to an activating group) is 1. The van der Waals surface area contributed by atoms with E-state index in [0.717, 1.165) is 6.54 Å². The average molecular weight is 205 g/mol. The predicted molar refractivity (Wildman–Crippen MR) is 63.0 cm³/mol. The van der Waals surface area contributed by atoms with E-state index >= 15 is 0 Å². The molecule has 2 rings (SSSR count). The van der Waals surface area contributed by atoms with Gasteiger partial charge in [-0.2, -0.15) is 0 Å². The van der Waals surface area contributed by atoms with Crippen LogP contribution in [0.2, 0.25) is 0 Å². The highest BCUT2D eigenvalue weighted by Crippen LogP contribution is 2.14. The molecule has 1 aliphatic heterocycles. The van der Waals surface area contributed by atoms with Gasteiger partial charge in [0, 0.05) is 30.7 Å². The molecular formula is C12H19N3. The van der Waals surface area contributed by atoms with Crippen molar-refractivity contribution in [2.24, 2.45) is 0 Å². The van der Waals surface area contributed by atoms with Crippen molar-refractivity contribution in [2.75, 3.05) is 25.0 Å². The van der Waals surface area contributed by atoms with Crippen LogP contribution in [0.5, 0.6) is 0 Å². The van der Waals surface area contributed by atoms with Gasteiger partial charge in [0.1, 0.15) is 0 Å². The van der Waals surface area contributed by atoms with E-state index in [9.17, 15) is 0 Å². The van der Waals surface area contributed by atoms with Gasteiger partial charge in [-0.05, 0) is 38.1 Å². The Hall–Kier alpha value is -1.09.